The Morgan fingerprint density at radius 1 is 0.696 bits per heavy atom. The summed E-state index contributed by atoms with van der Waals surface area (Å²) in [5.74, 6) is -1.14. The number of cyclic esters (lactones) is 3. The molecule has 5 heteroatoms. The predicted molar refractivity (Wildman–Crippen MR) is 80.7 cm³/mol. The summed E-state index contributed by atoms with van der Waals surface area (Å²) < 4.78 is 9.76. The Morgan fingerprint density at radius 2 is 1.22 bits per heavy atom. The van der Waals surface area contributed by atoms with E-state index in [4.69, 9.17) is 4.74 Å². The standard InChI is InChI=1S/C18H10O5/c1-2-15-11-5-3-9(7-13(11)17(20)22-15)10-4-6-12-14(8-10)18(21)23-16(12)19/h2-8H,1H3/b15-2+. The Kier molecular flexibility index (Phi) is 2.72. The van der Waals surface area contributed by atoms with Gasteiger partial charge in [0.1, 0.15) is 5.76 Å². The van der Waals surface area contributed by atoms with E-state index in [1.807, 2.05) is 12.1 Å². The topological polar surface area (TPSA) is 69.7 Å². The van der Waals surface area contributed by atoms with Crippen molar-refractivity contribution < 1.29 is 23.9 Å². The van der Waals surface area contributed by atoms with Crippen LogP contribution in [0, 0.1) is 0 Å². The fourth-order valence-electron chi connectivity index (χ4n) is 2.80. The minimum absolute atomic E-state index is 0.240. The lowest BCUT2D eigenvalue weighted by molar-refractivity contribution is 0.0443. The molecule has 2 aromatic carbocycles. The minimum atomic E-state index is -0.649. The smallest absolute Gasteiger partial charge is 0.346 e. The van der Waals surface area contributed by atoms with Crippen molar-refractivity contribution in [2.24, 2.45) is 0 Å². The van der Waals surface area contributed by atoms with Crippen LogP contribution in [0.3, 0.4) is 0 Å². The third-order valence-corrected chi connectivity index (χ3v) is 3.95. The molecule has 23 heavy (non-hydrogen) atoms. The van der Waals surface area contributed by atoms with Crippen LogP contribution in [0.2, 0.25) is 0 Å². The van der Waals surface area contributed by atoms with Crippen LogP contribution in [-0.2, 0) is 9.47 Å². The largest absolute Gasteiger partial charge is 0.423 e. The van der Waals surface area contributed by atoms with Gasteiger partial charge in [0.25, 0.3) is 0 Å². The average Bonchev–Trinajstić information content (AvgIpc) is 3.04. The molecule has 4 rings (SSSR count). The van der Waals surface area contributed by atoms with E-state index in [1.54, 1.807) is 37.3 Å². The Hall–Kier alpha value is -3.21. The number of carbonyl (C=O) groups excluding carboxylic acids is 3. The number of ether oxygens (including phenoxy) is 2. The van der Waals surface area contributed by atoms with Crippen molar-refractivity contribution in [3.63, 3.8) is 0 Å². The molecule has 0 fully saturated rings. The van der Waals surface area contributed by atoms with E-state index in [0.717, 1.165) is 16.7 Å². The molecule has 0 N–H and O–H groups in total. The molecular weight excluding hydrogens is 296 g/mol. The van der Waals surface area contributed by atoms with Gasteiger partial charge in [-0.15, -0.1) is 0 Å². The maximum atomic E-state index is 11.9. The molecular formula is C18H10O5. The first-order valence-corrected chi connectivity index (χ1v) is 7.02. The molecule has 2 aliphatic heterocycles. The number of benzene rings is 2. The molecule has 0 spiro atoms. The van der Waals surface area contributed by atoms with Gasteiger partial charge < -0.3 is 9.47 Å². The Balaban J connectivity index is 1.83. The number of rotatable bonds is 1. The normalized spacial score (nSPS) is 17.1. The zero-order valence-corrected chi connectivity index (χ0v) is 12.1. The molecule has 0 saturated carbocycles. The van der Waals surface area contributed by atoms with Crippen LogP contribution in [0.15, 0.2) is 42.5 Å². The Bertz CT molecular complexity index is 936. The molecule has 0 atom stereocenters. The van der Waals surface area contributed by atoms with E-state index in [1.165, 1.54) is 0 Å². The van der Waals surface area contributed by atoms with E-state index >= 15 is 0 Å². The number of fused-ring (bicyclic) bond motifs is 2. The zero-order chi connectivity index (χ0) is 16.1. The van der Waals surface area contributed by atoms with E-state index in [2.05, 4.69) is 4.74 Å². The SMILES string of the molecule is C/C=C1/OC(=O)c2cc(-c3ccc4c(c3)C(=O)OC4=O)ccc21. The molecule has 0 bridgehead atoms. The van der Waals surface area contributed by atoms with Gasteiger partial charge in [-0.1, -0.05) is 12.1 Å². The van der Waals surface area contributed by atoms with Crippen molar-refractivity contribution in [3.8, 4) is 11.1 Å². The fourth-order valence-corrected chi connectivity index (χ4v) is 2.80. The molecule has 0 aliphatic carbocycles. The fraction of sp³-hybridized carbons (Fsp3) is 0.0556. The van der Waals surface area contributed by atoms with E-state index in [0.29, 0.717) is 11.3 Å². The van der Waals surface area contributed by atoms with Crippen molar-refractivity contribution in [2.75, 3.05) is 0 Å². The molecule has 2 aliphatic rings. The molecule has 2 heterocycles. The van der Waals surface area contributed by atoms with Crippen LogP contribution in [0.5, 0.6) is 0 Å². The molecule has 2 aromatic rings. The second-order valence-corrected chi connectivity index (χ2v) is 5.24. The highest BCUT2D eigenvalue weighted by molar-refractivity contribution is 6.15. The van der Waals surface area contributed by atoms with Gasteiger partial charge in [0.2, 0.25) is 0 Å². The van der Waals surface area contributed by atoms with Crippen LogP contribution < -0.4 is 0 Å². The van der Waals surface area contributed by atoms with Gasteiger partial charge in [-0.3, -0.25) is 0 Å². The van der Waals surface area contributed by atoms with Gasteiger partial charge in [0, 0.05) is 5.56 Å². The number of allylic oxidation sites excluding steroid dienone is 1. The highest BCUT2D eigenvalue weighted by Crippen LogP contribution is 2.34. The molecule has 112 valence electrons. The van der Waals surface area contributed by atoms with Crippen molar-refractivity contribution in [3.05, 3.63) is 64.7 Å². The summed E-state index contributed by atoms with van der Waals surface area (Å²) in [5.41, 5.74) is 3.21. The number of hydrogen-bond donors (Lipinski definition) is 0. The maximum Gasteiger partial charge on any atom is 0.346 e. The summed E-state index contributed by atoms with van der Waals surface area (Å²) in [4.78, 5) is 35.1. The van der Waals surface area contributed by atoms with Crippen LogP contribution >= 0.6 is 0 Å². The second kappa shape index (κ2) is 4.64. The van der Waals surface area contributed by atoms with Crippen molar-refractivity contribution >= 4 is 23.7 Å². The van der Waals surface area contributed by atoms with E-state index in [-0.39, 0.29) is 11.1 Å². The van der Waals surface area contributed by atoms with Gasteiger partial charge in [0.05, 0.1) is 16.7 Å². The lowest BCUT2D eigenvalue weighted by Gasteiger charge is -2.04. The summed E-state index contributed by atoms with van der Waals surface area (Å²) >= 11 is 0. The maximum absolute atomic E-state index is 11.9. The minimum Gasteiger partial charge on any atom is -0.423 e. The summed E-state index contributed by atoms with van der Waals surface area (Å²) in [5, 5.41) is 0. The van der Waals surface area contributed by atoms with E-state index in [9.17, 15) is 14.4 Å². The number of esters is 3. The quantitative estimate of drug-likeness (QED) is 0.598. The molecule has 0 aromatic heterocycles. The van der Waals surface area contributed by atoms with Crippen molar-refractivity contribution in [1.82, 2.24) is 0 Å². The third-order valence-electron chi connectivity index (χ3n) is 3.95. The molecule has 0 radical (unpaired) electrons. The zero-order valence-electron chi connectivity index (χ0n) is 12.1. The van der Waals surface area contributed by atoms with Gasteiger partial charge in [-0.2, -0.15) is 0 Å². The van der Waals surface area contributed by atoms with E-state index < -0.39 is 17.9 Å². The summed E-state index contributed by atoms with van der Waals surface area (Å²) in [6.07, 6.45) is 1.74. The first-order valence-electron chi connectivity index (χ1n) is 7.02. The Morgan fingerprint density at radius 3 is 1.87 bits per heavy atom. The van der Waals surface area contributed by atoms with Gasteiger partial charge in [-0.05, 0) is 48.4 Å². The first kappa shape index (κ1) is 13.5. The highest BCUT2D eigenvalue weighted by Gasteiger charge is 2.30. The second-order valence-electron chi connectivity index (χ2n) is 5.24. The van der Waals surface area contributed by atoms with Gasteiger partial charge in [0.15, 0.2) is 0 Å². The average molecular weight is 306 g/mol. The number of carbonyl (C=O) groups is 3. The molecule has 0 saturated heterocycles. The van der Waals surface area contributed by atoms with Crippen LogP contribution in [0.4, 0.5) is 0 Å². The molecule has 5 nitrogen and oxygen atoms in total. The summed E-state index contributed by atoms with van der Waals surface area (Å²) in [7, 11) is 0. The van der Waals surface area contributed by atoms with Crippen molar-refractivity contribution in [1.29, 1.82) is 0 Å². The van der Waals surface area contributed by atoms with Gasteiger partial charge in [-0.25, -0.2) is 14.4 Å². The van der Waals surface area contributed by atoms with Gasteiger partial charge >= 0.3 is 17.9 Å². The van der Waals surface area contributed by atoms with Crippen LogP contribution in [-0.4, -0.2) is 17.9 Å². The monoisotopic (exact) mass is 306 g/mol. The van der Waals surface area contributed by atoms with Crippen LogP contribution in [0.25, 0.3) is 16.9 Å². The third kappa shape index (κ3) is 1.90. The Labute approximate surface area is 131 Å². The van der Waals surface area contributed by atoms with Crippen molar-refractivity contribution in [2.45, 2.75) is 6.92 Å². The number of hydrogen-bond acceptors (Lipinski definition) is 5. The predicted octanol–water partition coefficient (Wildman–Crippen LogP) is 3.20. The lowest BCUT2D eigenvalue weighted by Crippen LogP contribution is -1.97. The van der Waals surface area contributed by atoms with Crippen LogP contribution in [0.1, 0.15) is 43.6 Å². The summed E-state index contributed by atoms with van der Waals surface area (Å²) in [6.45, 7) is 1.80. The molecule has 0 unspecified atom stereocenters. The highest BCUT2D eigenvalue weighted by atomic mass is 16.6. The first-order chi connectivity index (χ1) is 11.1. The lowest BCUT2D eigenvalue weighted by atomic mass is 9.96. The summed E-state index contributed by atoms with van der Waals surface area (Å²) in [6, 6.07) is 10.2. The molecule has 0 amide bonds.